The molecule has 1 aliphatic heterocycles. The van der Waals surface area contributed by atoms with Crippen LogP contribution in [0.1, 0.15) is 31.7 Å². The number of nitrogens with two attached hydrogens (primary N) is 1. The monoisotopic (exact) mass is 251 g/mol. The lowest BCUT2D eigenvalue weighted by Gasteiger charge is -2.28. The fraction of sp³-hybridized carbons (Fsp3) is 0.667. The molecule has 1 aromatic heterocycles. The fourth-order valence-electron chi connectivity index (χ4n) is 2.31. The highest BCUT2D eigenvalue weighted by molar-refractivity contribution is 5.60. The molecule has 1 saturated heterocycles. The second-order valence-corrected chi connectivity index (χ2v) is 4.89. The first kappa shape index (κ1) is 13.0. The van der Waals surface area contributed by atoms with Gasteiger partial charge < -0.3 is 15.1 Å². The second-order valence-electron chi connectivity index (χ2n) is 4.89. The highest BCUT2D eigenvalue weighted by Crippen LogP contribution is 2.31. The maximum absolute atomic E-state index is 5.53. The second kappa shape index (κ2) is 5.49. The van der Waals surface area contributed by atoms with Gasteiger partial charge in [0.15, 0.2) is 0 Å². The van der Waals surface area contributed by atoms with Gasteiger partial charge in [0.2, 0.25) is 0 Å². The number of nitrogen functional groups attached to an aromatic ring is 1. The maximum atomic E-state index is 5.53. The van der Waals surface area contributed by atoms with Crippen LogP contribution in [0.2, 0.25) is 0 Å². The summed E-state index contributed by atoms with van der Waals surface area (Å²) < 4.78 is 5.43. The normalized spacial score (nSPS) is 19.3. The number of hydrazine groups is 1. The summed E-state index contributed by atoms with van der Waals surface area (Å²) in [5.41, 5.74) is 3.70. The summed E-state index contributed by atoms with van der Waals surface area (Å²) >= 11 is 0. The van der Waals surface area contributed by atoms with Gasteiger partial charge in [-0.2, -0.15) is 0 Å². The molecule has 0 saturated carbocycles. The third kappa shape index (κ3) is 2.39. The molecule has 3 N–H and O–H groups in total. The van der Waals surface area contributed by atoms with Crippen molar-refractivity contribution in [1.29, 1.82) is 0 Å². The van der Waals surface area contributed by atoms with Gasteiger partial charge >= 0.3 is 0 Å². The van der Waals surface area contributed by atoms with Gasteiger partial charge in [0.05, 0.1) is 12.6 Å². The molecule has 0 aliphatic carbocycles. The molecule has 6 nitrogen and oxygen atoms in total. The topological polar surface area (TPSA) is 76.3 Å². The third-order valence-electron chi connectivity index (χ3n) is 3.36. The number of nitrogens with zero attached hydrogens (tertiary/aromatic N) is 3. The summed E-state index contributed by atoms with van der Waals surface area (Å²) in [7, 11) is 2.05. The van der Waals surface area contributed by atoms with Crippen molar-refractivity contribution in [1.82, 2.24) is 9.97 Å². The minimum Gasteiger partial charge on any atom is -0.379 e. The summed E-state index contributed by atoms with van der Waals surface area (Å²) in [5.74, 6) is 7.46. The van der Waals surface area contributed by atoms with Crippen molar-refractivity contribution in [3.05, 3.63) is 11.9 Å². The summed E-state index contributed by atoms with van der Waals surface area (Å²) in [6.45, 7) is 5.80. The Balaban J connectivity index is 2.36. The number of likely N-dealkylation sites (N-methyl/N-ethyl adjacent to an activating group) is 1. The summed E-state index contributed by atoms with van der Waals surface area (Å²) in [5, 5.41) is 0. The Bertz CT molecular complexity index is 403. The smallest absolute Gasteiger partial charge is 0.148 e. The SMILES string of the molecule is CC(C)c1c(NN)ncnc1N(C)C1CCOC1. The Morgan fingerprint density at radius 3 is 2.83 bits per heavy atom. The van der Waals surface area contributed by atoms with Crippen molar-refractivity contribution >= 4 is 11.6 Å². The van der Waals surface area contributed by atoms with Crippen LogP contribution in [0.25, 0.3) is 0 Å². The molecule has 100 valence electrons. The third-order valence-corrected chi connectivity index (χ3v) is 3.36. The van der Waals surface area contributed by atoms with Crippen LogP contribution in [-0.2, 0) is 4.74 Å². The zero-order valence-electron chi connectivity index (χ0n) is 11.2. The van der Waals surface area contributed by atoms with E-state index in [1.807, 2.05) is 7.05 Å². The van der Waals surface area contributed by atoms with E-state index in [4.69, 9.17) is 10.6 Å². The summed E-state index contributed by atoms with van der Waals surface area (Å²) in [6.07, 6.45) is 2.58. The van der Waals surface area contributed by atoms with Crippen LogP contribution in [0.5, 0.6) is 0 Å². The molecule has 1 fully saturated rings. The first-order valence-corrected chi connectivity index (χ1v) is 6.27. The number of rotatable bonds is 4. The number of anilines is 2. The number of ether oxygens (including phenoxy) is 1. The Morgan fingerprint density at radius 1 is 1.50 bits per heavy atom. The van der Waals surface area contributed by atoms with Crippen molar-refractivity contribution in [3.8, 4) is 0 Å². The van der Waals surface area contributed by atoms with Gasteiger partial charge in [0.1, 0.15) is 18.0 Å². The van der Waals surface area contributed by atoms with Crippen LogP contribution in [0.3, 0.4) is 0 Å². The zero-order valence-corrected chi connectivity index (χ0v) is 11.2. The van der Waals surface area contributed by atoms with E-state index >= 15 is 0 Å². The van der Waals surface area contributed by atoms with E-state index in [-0.39, 0.29) is 0 Å². The van der Waals surface area contributed by atoms with Gasteiger partial charge in [-0.1, -0.05) is 13.8 Å². The van der Waals surface area contributed by atoms with Crippen LogP contribution < -0.4 is 16.2 Å². The molecular weight excluding hydrogens is 230 g/mol. The molecule has 1 atom stereocenters. The van der Waals surface area contributed by atoms with E-state index in [1.165, 1.54) is 0 Å². The molecule has 6 heteroatoms. The Hall–Kier alpha value is -1.40. The molecule has 1 aliphatic rings. The molecular formula is C12H21N5O. The Labute approximate surface area is 108 Å². The molecule has 0 bridgehead atoms. The quantitative estimate of drug-likeness (QED) is 0.616. The van der Waals surface area contributed by atoms with E-state index < -0.39 is 0 Å². The van der Waals surface area contributed by atoms with Crippen molar-refractivity contribution < 1.29 is 4.74 Å². The lowest BCUT2D eigenvalue weighted by Crippen LogP contribution is -2.34. The first-order chi connectivity index (χ1) is 8.65. The Kier molecular flexibility index (Phi) is 3.98. The number of hydrogen-bond donors (Lipinski definition) is 2. The lowest BCUT2D eigenvalue weighted by molar-refractivity contribution is 0.193. The predicted molar refractivity (Wildman–Crippen MR) is 71.6 cm³/mol. The number of nitrogens with one attached hydrogen (secondary N) is 1. The molecule has 1 aromatic rings. The van der Waals surface area contributed by atoms with E-state index in [9.17, 15) is 0 Å². The summed E-state index contributed by atoms with van der Waals surface area (Å²) in [4.78, 5) is 10.8. The minimum atomic E-state index is 0.303. The van der Waals surface area contributed by atoms with Crippen molar-refractivity contribution in [2.24, 2.45) is 5.84 Å². The van der Waals surface area contributed by atoms with Crippen LogP contribution in [0.15, 0.2) is 6.33 Å². The fourth-order valence-corrected chi connectivity index (χ4v) is 2.31. The molecule has 0 spiro atoms. The van der Waals surface area contributed by atoms with Crippen LogP contribution >= 0.6 is 0 Å². The Morgan fingerprint density at radius 2 is 2.28 bits per heavy atom. The van der Waals surface area contributed by atoms with Gasteiger partial charge in [-0.05, 0) is 12.3 Å². The number of aromatic nitrogens is 2. The lowest BCUT2D eigenvalue weighted by atomic mass is 10.0. The van der Waals surface area contributed by atoms with Gasteiger partial charge in [0.25, 0.3) is 0 Å². The van der Waals surface area contributed by atoms with Gasteiger partial charge in [-0.25, -0.2) is 15.8 Å². The maximum Gasteiger partial charge on any atom is 0.148 e. The van der Waals surface area contributed by atoms with E-state index in [2.05, 4.69) is 34.1 Å². The van der Waals surface area contributed by atoms with Crippen molar-refractivity contribution in [3.63, 3.8) is 0 Å². The van der Waals surface area contributed by atoms with Crippen molar-refractivity contribution in [2.45, 2.75) is 32.2 Å². The standard InChI is InChI=1S/C12H21N5O/c1-8(2)10-11(16-13)14-7-15-12(10)17(3)9-4-5-18-6-9/h7-9H,4-6,13H2,1-3H3,(H,14,15,16). The van der Waals surface area contributed by atoms with E-state index in [0.29, 0.717) is 17.8 Å². The first-order valence-electron chi connectivity index (χ1n) is 6.27. The van der Waals surface area contributed by atoms with E-state index in [1.54, 1.807) is 6.33 Å². The summed E-state index contributed by atoms with van der Waals surface area (Å²) in [6, 6.07) is 0.378. The number of hydrogen-bond acceptors (Lipinski definition) is 6. The highest BCUT2D eigenvalue weighted by Gasteiger charge is 2.25. The largest absolute Gasteiger partial charge is 0.379 e. The van der Waals surface area contributed by atoms with Crippen LogP contribution in [-0.4, -0.2) is 36.3 Å². The zero-order chi connectivity index (χ0) is 13.1. The molecule has 0 radical (unpaired) electrons. The van der Waals surface area contributed by atoms with Gasteiger partial charge in [-0.3, -0.25) is 0 Å². The average molecular weight is 251 g/mol. The van der Waals surface area contributed by atoms with Gasteiger partial charge in [-0.15, -0.1) is 0 Å². The predicted octanol–water partition coefficient (Wildman–Crippen LogP) is 1.11. The van der Waals surface area contributed by atoms with Crippen LogP contribution in [0.4, 0.5) is 11.6 Å². The molecule has 1 unspecified atom stereocenters. The van der Waals surface area contributed by atoms with Crippen LogP contribution in [0, 0.1) is 0 Å². The minimum absolute atomic E-state index is 0.303. The molecule has 18 heavy (non-hydrogen) atoms. The van der Waals surface area contributed by atoms with Gasteiger partial charge in [0, 0.05) is 19.2 Å². The molecule has 0 aromatic carbocycles. The molecule has 2 heterocycles. The van der Waals surface area contributed by atoms with Crippen molar-refractivity contribution in [2.75, 3.05) is 30.6 Å². The highest BCUT2D eigenvalue weighted by atomic mass is 16.5. The van der Waals surface area contributed by atoms with E-state index in [0.717, 1.165) is 31.0 Å². The average Bonchev–Trinajstić information content (AvgIpc) is 2.90. The molecule has 0 amide bonds. The molecule has 2 rings (SSSR count).